The van der Waals surface area contributed by atoms with Gasteiger partial charge in [-0.3, -0.25) is 14.2 Å². The summed E-state index contributed by atoms with van der Waals surface area (Å²) in [7, 11) is 0. The van der Waals surface area contributed by atoms with Crippen molar-refractivity contribution >= 4 is 17.7 Å². The van der Waals surface area contributed by atoms with Gasteiger partial charge in [0, 0.05) is 30.5 Å². The lowest BCUT2D eigenvalue weighted by atomic mass is 10.2. The van der Waals surface area contributed by atoms with Crippen LogP contribution in [0.1, 0.15) is 23.6 Å². The van der Waals surface area contributed by atoms with Gasteiger partial charge in [-0.15, -0.1) is 0 Å². The number of fused-ring (bicyclic) bond motifs is 2. The highest BCUT2D eigenvalue weighted by atomic mass is 32.2. The Labute approximate surface area is 148 Å². The lowest BCUT2D eigenvalue weighted by Gasteiger charge is -2.13. The molecule has 1 amide bonds. The average molecular weight is 359 g/mol. The van der Waals surface area contributed by atoms with E-state index in [2.05, 4.69) is 10.3 Å². The van der Waals surface area contributed by atoms with Gasteiger partial charge in [-0.05, 0) is 24.6 Å². The van der Waals surface area contributed by atoms with Crippen LogP contribution in [0.5, 0.6) is 11.5 Å². The fourth-order valence-electron chi connectivity index (χ4n) is 2.91. The summed E-state index contributed by atoms with van der Waals surface area (Å²) in [5, 5.41) is 3.59. The molecule has 0 aliphatic carbocycles. The third kappa shape index (κ3) is 3.09. The van der Waals surface area contributed by atoms with E-state index in [0.29, 0.717) is 28.8 Å². The van der Waals surface area contributed by atoms with Crippen molar-refractivity contribution in [3.63, 3.8) is 0 Å². The number of aryl methyl sites for hydroxylation is 1. The van der Waals surface area contributed by atoms with Crippen LogP contribution in [0.2, 0.25) is 0 Å². The molecule has 1 aromatic carbocycles. The van der Waals surface area contributed by atoms with Crippen LogP contribution in [0.15, 0.2) is 34.3 Å². The van der Waals surface area contributed by atoms with Crippen LogP contribution >= 0.6 is 11.8 Å². The highest BCUT2D eigenvalue weighted by Crippen LogP contribution is 2.33. The molecule has 0 radical (unpaired) electrons. The first-order valence-corrected chi connectivity index (χ1v) is 8.96. The predicted molar refractivity (Wildman–Crippen MR) is 92.0 cm³/mol. The van der Waals surface area contributed by atoms with Crippen LogP contribution in [-0.2, 0) is 11.3 Å². The molecule has 1 atom stereocenters. The zero-order valence-corrected chi connectivity index (χ0v) is 14.5. The maximum atomic E-state index is 12.3. The second-order valence-electron chi connectivity index (χ2n) is 6.03. The molecule has 1 aromatic heterocycles. The highest BCUT2D eigenvalue weighted by Gasteiger charge is 2.27. The number of hydrogen-bond acceptors (Lipinski definition) is 6. The number of carbonyl (C=O) groups excluding carboxylic acids is 1. The van der Waals surface area contributed by atoms with E-state index >= 15 is 0 Å². The number of thioether (sulfide) groups is 1. The van der Waals surface area contributed by atoms with Crippen molar-refractivity contribution in [3.05, 3.63) is 45.9 Å². The van der Waals surface area contributed by atoms with Crippen molar-refractivity contribution in [1.82, 2.24) is 14.9 Å². The fourth-order valence-corrected chi connectivity index (χ4v) is 4.02. The van der Waals surface area contributed by atoms with Crippen molar-refractivity contribution in [1.29, 1.82) is 0 Å². The molecule has 3 heterocycles. The molecule has 0 bridgehead atoms. The average Bonchev–Trinajstić information content (AvgIpc) is 3.23. The van der Waals surface area contributed by atoms with Gasteiger partial charge in [0.15, 0.2) is 16.7 Å². The first kappa shape index (κ1) is 16.0. The molecule has 0 spiro atoms. The van der Waals surface area contributed by atoms with E-state index in [1.165, 1.54) is 11.8 Å². The quantitative estimate of drug-likeness (QED) is 0.836. The summed E-state index contributed by atoms with van der Waals surface area (Å²) in [4.78, 5) is 28.9. The summed E-state index contributed by atoms with van der Waals surface area (Å²) in [6, 6.07) is 5.44. The molecular formula is C17H17N3O4S. The molecule has 2 aromatic rings. The molecule has 130 valence electrons. The molecule has 0 saturated carbocycles. The van der Waals surface area contributed by atoms with Crippen molar-refractivity contribution in [2.75, 3.05) is 12.5 Å². The van der Waals surface area contributed by atoms with Gasteiger partial charge in [0.05, 0.1) is 6.04 Å². The Hall–Kier alpha value is -2.48. The molecule has 1 N–H and O–H groups in total. The van der Waals surface area contributed by atoms with Crippen LogP contribution < -0.4 is 20.3 Å². The monoisotopic (exact) mass is 359 g/mol. The third-order valence-corrected chi connectivity index (χ3v) is 5.36. The van der Waals surface area contributed by atoms with Crippen molar-refractivity contribution in [2.45, 2.75) is 31.1 Å². The van der Waals surface area contributed by atoms with Gasteiger partial charge in [0.25, 0.3) is 5.56 Å². The third-order valence-electron chi connectivity index (χ3n) is 4.25. The predicted octanol–water partition coefficient (Wildman–Crippen LogP) is 1.63. The lowest BCUT2D eigenvalue weighted by molar-refractivity contribution is -0.121. The summed E-state index contributed by atoms with van der Waals surface area (Å²) in [6.45, 7) is 2.37. The maximum Gasteiger partial charge on any atom is 0.257 e. The molecule has 0 fully saturated rings. The Balaban J connectivity index is 1.39. The number of benzene rings is 1. The van der Waals surface area contributed by atoms with E-state index < -0.39 is 0 Å². The summed E-state index contributed by atoms with van der Waals surface area (Å²) in [6.07, 6.45) is 1.85. The van der Waals surface area contributed by atoms with Gasteiger partial charge < -0.3 is 14.8 Å². The molecular weight excluding hydrogens is 342 g/mol. The Kier molecular flexibility index (Phi) is 4.12. The van der Waals surface area contributed by atoms with Crippen LogP contribution in [0.25, 0.3) is 0 Å². The van der Waals surface area contributed by atoms with Gasteiger partial charge >= 0.3 is 0 Å². The largest absolute Gasteiger partial charge is 0.454 e. The van der Waals surface area contributed by atoms with E-state index in [9.17, 15) is 9.59 Å². The molecule has 2 aliphatic heterocycles. The van der Waals surface area contributed by atoms with E-state index in [0.717, 1.165) is 11.3 Å². The van der Waals surface area contributed by atoms with Crippen LogP contribution in [0.3, 0.4) is 0 Å². The number of rotatable bonds is 4. The normalized spacial score (nSPS) is 17.4. The Morgan fingerprint density at radius 2 is 2.24 bits per heavy atom. The van der Waals surface area contributed by atoms with Gasteiger partial charge in [0.2, 0.25) is 12.7 Å². The summed E-state index contributed by atoms with van der Waals surface area (Å²) < 4.78 is 12.2. The zero-order chi connectivity index (χ0) is 17.4. The Morgan fingerprint density at radius 3 is 3.12 bits per heavy atom. The molecule has 0 unspecified atom stereocenters. The van der Waals surface area contributed by atoms with Crippen LogP contribution in [-0.4, -0.2) is 28.0 Å². The zero-order valence-electron chi connectivity index (χ0n) is 13.7. The van der Waals surface area contributed by atoms with E-state index in [1.54, 1.807) is 17.7 Å². The summed E-state index contributed by atoms with van der Waals surface area (Å²) in [5.74, 6) is 2.01. The first-order chi connectivity index (χ1) is 12.1. The standard InChI is InChI=1S/C17H17N3O4S/c1-10-6-19-17-20(16(10)22)12(8-25-17)5-15(21)18-7-11-2-3-13-14(4-11)24-9-23-13/h2-4,6,12H,5,7-9H2,1H3,(H,18,21)/t12-/m1/s1. The second kappa shape index (κ2) is 6.44. The minimum Gasteiger partial charge on any atom is -0.454 e. The number of hydrogen-bond donors (Lipinski definition) is 1. The second-order valence-corrected chi connectivity index (χ2v) is 7.02. The number of amides is 1. The van der Waals surface area contributed by atoms with Crippen LogP contribution in [0.4, 0.5) is 0 Å². The molecule has 2 aliphatic rings. The highest BCUT2D eigenvalue weighted by molar-refractivity contribution is 7.99. The maximum absolute atomic E-state index is 12.3. The summed E-state index contributed by atoms with van der Waals surface area (Å²) in [5.41, 5.74) is 1.47. The number of carbonyl (C=O) groups is 1. The number of nitrogens with zero attached hydrogens (tertiary/aromatic N) is 2. The first-order valence-electron chi connectivity index (χ1n) is 7.98. The van der Waals surface area contributed by atoms with Crippen molar-refractivity contribution < 1.29 is 14.3 Å². The number of nitrogens with one attached hydrogen (secondary N) is 1. The Bertz CT molecular complexity index is 896. The van der Waals surface area contributed by atoms with E-state index in [-0.39, 0.29) is 30.7 Å². The van der Waals surface area contributed by atoms with Gasteiger partial charge in [-0.2, -0.15) is 0 Å². The minimum atomic E-state index is -0.156. The Morgan fingerprint density at radius 1 is 1.40 bits per heavy atom. The van der Waals surface area contributed by atoms with Crippen LogP contribution in [0, 0.1) is 6.92 Å². The van der Waals surface area contributed by atoms with Gasteiger partial charge in [0.1, 0.15) is 0 Å². The topological polar surface area (TPSA) is 82.5 Å². The molecule has 0 saturated heterocycles. The van der Waals surface area contributed by atoms with E-state index in [1.807, 2.05) is 18.2 Å². The lowest BCUT2D eigenvalue weighted by Crippen LogP contribution is -2.31. The minimum absolute atomic E-state index is 0.0661. The van der Waals surface area contributed by atoms with Gasteiger partial charge in [-0.25, -0.2) is 4.98 Å². The smallest absolute Gasteiger partial charge is 0.257 e. The fraction of sp³-hybridized carbons (Fsp3) is 0.353. The van der Waals surface area contributed by atoms with Gasteiger partial charge in [-0.1, -0.05) is 17.8 Å². The molecule has 25 heavy (non-hydrogen) atoms. The van der Waals surface area contributed by atoms with E-state index in [4.69, 9.17) is 9.47 Å². The molecule has 4 rings (SSSR count). The molecule has 8 heteroatoms. The number of ether oxygens (including phenoxy) is 2. The number of aromatic nitrogens is 2. The molecule has 7 nitrogen and oxygen atoms in total. The summed E-state index contributed by atoms with van der Waals surface area (Å²) >= 11 is 1.51. The SMILES string of the molecule is Cc1cnc2n(c1=O)[C@H](CC(=O)NCc1ccc3c(c1)OCO3)CS2. The van der Waals surface area contributed by atoms with Crippen molar-refractivity contribution in [2.24, 2.45) is 0 Å². The van der Waals surface area contributed by atoms with Crippen molar-refractivity contribution in [3.8, 4) is 11.5 Å².